The van der Waals surface area contributed by atoms with Crippen molar-refractivity contribution >= 4 is 37.7 Å². The fraction of sp³-hybridized carbons (Fsp3) is 0.583. The summed E-state index contributed by atoms with van der Waals surface area (Å²) in [6.07, 6.45) is 7.00. The van der Waals surface area contributed by atoms with Gasteiger partial charge in [-0.1, -0.05) is 6.92 Å². The number of rotatable bonds is 2. The third-order valence-corrected chi connectivity index (χ3v) is 4.18. The van der Waals surface area contributed by atoms with Crippen molar-refractivity contribution < 1.29 is 0 Å². The number of pyridine rings is 1. The minimum absolute atomic E-state index is 0.652. The Bertz CT molecular complexity index is 368. The summed E-state index contributed by atoms with van der Waals surface area (Å²) >= 11 is 7.05. The summed E-state index contributed by atoms with van der Waals surface area (Å²) < 4.78 is 2.11. The molecule has 0 spiro atoms. The van der Waals surface area contributed by atoms with Crippen molar-refractivity contribution in [2.45, 2.75) is 38.6 Å². The molecule has 1 saturated heterocycles. The predicted octanol–water partition coefficient (Wildman–Crippen LogP) is 4.38. The number of nitrogens with zero attached hydrogens (tertiary/aromatic N) is 2. The molecule has 2 heterocycles. The van der Waals surface area contributed by atoms with Crippen LogP contribution in [0.2, 0.25) is 0 Å². The van der Waals surface area contributed by atoms with E-state index in [4.69, 9.17) is 0 Å². The molecule has 1 aromatic rings. The molecule has 4 heteroatoms. The lowest BCUT2D eigenvalue weighted by Crippen LogP contribution is -2.39. The lowest BCUT2D eigenvalue weighted by atomic mass is 10.00. The molecule has 0 radical (unpaired) electrons. The predicted molar refractivity (Wildman–Crippen MR) is 74.9 cm³/mol. The van der Waals surface area contributed by atoms with Crippen LogP contribution in [0.25, 0.3) is 0 Å². The Morgan fingerprint density at radius 3 is 2.94 bits per heavy atom. The maximum Gasteiger partial charge on any atom is 0.143 e. The highest BCUT2D eigenvalue weighted by Gasteiger charge is 2.23. The molecule has 2 nitrogen and oxygen atoms in total. The van der Waals surface area contributed by atoms with Crippen LogP contribution in [0.15, 0.2) is 21.2 Å². The van der Waals surface area contributed by atoms with Crippen LogP contribution in [0.4, 0.5) is 5.82 Å². The van der Waals surface area contributed by atoms with Crippen molar-refractivity contribution in [3.8, 4) is 0 Å². The van der Waals surface area contributed by atoms with Gasteiger partial charge in [0.15, 0.2) is 0 Å². The molecule has 0 aromatic carbocycles. The Labute approximate surface area is 114 Å². The molecule has 1 aliphatic heterocycles. The van der Waals surface area contributed by atoms with Gasteiger partial charge in [0.05, 0.1) is 4.47 Å². The first-order valence-electron chi connectivity index (χ1n) is 5.80. The lowest BCUT2D eigenvalue weighted by molar-refractivity contribution is 0.446. The highest BCUT2D eigenvalue weighted by atomic mass is 79.9. The molecular weight excluding hydrogens is 332 g/mol. The molecule has 2 rings (SSSR count). The molecule has 0 saturated carbocycles. The quantitative estimate of drug-likeness (QED) is 0.789. The summed E-state index contributed by atoms with van der Waals surface area (Å²) in [5.41, 5.74) is 0. The van der Waals surface area contributed by atoms with E-state index >= 15 is 0 Å². The zero-order chi connectivity index (χ0) is 11.5. The normalized spacial score (nSPS) is 21.2. The van der Waals surface area contributed by atoms with E-state index in [-0.39, 0.29) is 0 Å². The Morgan fingerprint density at radius 2 is 2.25 bits per heavy atom. The van der Waals surface area contributed by atoms with Crippen molar-refractivity contribution in [1.82, 2.24) is 4.98 Å². The molecule has 0 amide bonds. The molecule has 88 valence electrons. The van der Waals surface area contributed by atoms with Crippen LogP contribution in [0.3, 0.4) is 0 Å². The van der Waals surface area contributed by atoms with Gasteiger partial charge in [-0.15, -0.1) is 0 Å². The topological polar surface area (TPSA) is 16.1 Å². The smallest absolute Gasteiger partial charge is 0.143 e. The average molecular weight is 348 g/mol. The van der Waals surface area contributed by atoms with E-state index < -0.39 is 0 Å². The van der Waals surface area contributed by atoms with Crippen LogP contribution in [-0.4, -0.2) is 17.6 Å². The van der Waals surface area contributed by atoms with E-state index in [2.05, 4.69) is 54.7 Å². The van der Waals surface area contributed by atoms with E-state index in [1.54, 1.807) is 0 Å². The molecule has 1 aliphatic rings. The maximum atomic E-state index is 4.53. The first kappa shape index (κ1) is 12.4. The second kappa shape index (κ2) is 5.50. The fourth-order valence-electron chi connectivity index (χ4n) is 2.32. The SMILES string of the molecule is CCC1CCCCN1c1ncc(Br)cc1Br. The largest absolute Gasteiger partial charge is 0.353 e. The fourth-order valence-corrected chi connectivity index (χ4v) is 3.54. The van der Waals surface area contributed by atoms with Gasteiger partial charge < -0.3 is 4.90 Å². The maximum absolute atomic E-state index is 4.53. The summed E-state index contributed by atoms with van der Waals surface area (Å²) in [4.78, 5) is 6.98. The molecule has 1 aromatic heterocycles. The summed E-state index contributed by atoms with van der Waals surface area (Å²) in [5.74, 6) is 1.09. The van der Waals surface area contributed by atoms with Crippen LogP contribution < -0.4 is 4.90 Å². The van der Waals surface area contributed by atoms with Crippen LogP contribution >= 0.6 is 31.9 Å². The molecule has 16 heavy (non-hydrogen) atoms. The van der Waals surface area contributed by atoms with Gasteiger partial charge in [-0.05, 0) is 63.6 Å². The number of piperidine rings is 1. The van der Waals surface area contributed by atoms with Crippen LogP contribution in [0.1, 0.15) is 32.6 Å². The third kappa shape index (κ3) is 2.59. The molecule has 1 unspecified atom stereocenters. The molecule has 0 aliphatic carbocycles. The van der Waals surface area contributed by atoms with E-state index in [1.165, 1.54) is 25.7 Å². The van der Waals surface area contributed by atoms with Crippen molar-refractivity contribution in [3.05, 3.63) is 21.2 Å². The first-order valence-corrected chi connectivity index (χ1v) is 7.38. The summed E-state index contributed by atoms with van der Waals surface area (Å²) in [6, 6.07) is 2.72. The second-order valence-electron chi connectivity index (χ2n) is 4.21. The summed E-state index contributed by atoms with van der Waals surface area (Å²) in [7, 11) is 0. The number of hydrogen-bond donors (Lipinski definition) is 0. The number of aromatic nitrogens is 1. The van der Waals surface area contributed by atoms with Gasteiger partial charge in [-0.3, -0.25) is 0 Å². The summed E-state index contributed by atoms with van der Waals surface area (Å²) in [6.45, 7) is 3.39. The second-order valence-corrected chi connectivity index (χ2v) is 5.98. The number of hydrogen-bond acceptors (Lipinski definition) is 2. The van der Waals surface area contributed by atoms with Crippen molar-refractivity contribution in [2.75, 3.05) is 11.4 Å². The number of halogens is 2. The van der Waals surface area contributed by atoms with Crippen LogP contribution in [0, 0.1) is 0 Å². The highest BCUT2D eigenvalue weighted by molar-refractivity contribution is 9.11. The summed E-state index contributed by atoms with van der Waals surface area (Å²) in [5, 5.41) is 0. The third-order valence-electron chi connectivity index (χ3n) is 3.16. The van der Waals surface area contributed by atoms with Gasteiger partial charge in [0, 0.05) is 23.3 Å². The van der Waals surface area contributed by atoms with E-state index in [9.17, 15) is 0 Å². The van der Waals surface area contributed by atoms with Crippen LogP contribution in [0.5, 0.6) is 0 Å². The van der Waals surface area contributed by atoms with E-state index in [1.807, 2.05) is 6.20 Å². The van der Waals surface area contributed by atoms with Gasteiger partial charge in [0.1, 0.15) is 5.82 Å². The minimum atomic E-state index is 0.652. The van der Waals surface area contributed by atoms with Crippen LogP contribution in [-0.2, 0) is 0 Å². The highest BCUT2D eigenvalue weighted by Crippen LogP contribution is 2.32. The van der Waals surface area contributed by atoms with E-state index in [0.29, 0.717) is 6.04 Å². The lowest BCUT2D eigenvalue weighted by Gasteiger charge is -2.36. The Balaban J connectivity index is 2.27. The van der Waals surface area contributed by atoms with Gasteiger partial charge >= 0.3 is 0 Å². The van der Waals surface area contributed by atoms with Gasteiger partial charge in [0.2, 0.25) is 0 Å². The molecule has 0 bridgehead atoms. The van der Waals surface area contributed by atoms with Crippen molar-refractivity contribution in [2.24, 2.45) is 0 Å². The van der Waals surface area contributed by atoms with Crippen molar-refractivity contribution in [1.29, 1.82) is 0 Å². The Kier molecular flexibility index (Phi) is 4.25. The van der Waals surface area contributed by atoms with E-state index in [0.717, 1.165) is 21.3 Å². The Morgan fingerprint density at radius 1 is 1.44 bits per heavy atom. The zero-order valence-corrected chi connectivity index (χ0v) is 12.6. The zero-order valence-electron chi connectivity index (χ0n) is 9.42. The molecule has 1 atom stereocenters. The standard InChI is InChI=1S/C12H16Br2N2/c1-2-10-5-3-4-6-16(10)12-11(14)7-9(13)8-15-12/h7-8,10H,2-6H2,1H3. The average Bonchev–Trinajstić information content (AvgIpc) is 2.29. The van der Waals surface area contributed by atoms with Gasteiger partial charge in [-0.25, -0.2) is 4.98 Å². The van der Waals surface area contributed by atoms with Gasteiger partial charge in [-0.2, -0.15) is 0 Å². The monoisotopic (exact) mass is 346 g/mol. The molecule has 0 N–H and O–H groups in total. The molecule has 1 fully saturated rings. The van der Waals surface area contributed by atoms with Gasteiger partial charge in [0.25, 0.3) is 0 Å². The first-order chi connectivity index (χ1) is 7.72. The Hall–Kier alpha value is -0.0900. The minimum Gasteiger partial charge on any atom is -0.353 e. The molecular formula is C12H16Br2N2. The van der Waals surface area contributed by atoms with Crippen molar-refractivity contribution in [3.63, 3.8) is 0 Å². The number of anilines is 1.